The van der Waals surface area contributed by atoms with Gasteiger partial charge in [0.25, 0.3) is 5.69 Å². The average molecular weight is 304 g/mol. The van der Waals surface area contributed by atoms with Crippen molar-refractivity contribution in [3.63, 3.8) is 0 Å². The minimum absolute atomic E-state index is 0.0888. The van der Waals surface area contributed by atoms with Crippen LogP contribution in [0.1, 0.15) is 12.5 Å². The van der Waals surface area contributed by atoms with Gasteiger partial charge < -0.3 is 10.4 Å². The molecular formula is C15H16N2O3S. The first-order valence-electron chi connectivity index (χ1n) is 6.53. The number of nitro groups is 1. The highest BCUT2D eigenvalue weighted by molar-refractivity contribution is 7.98. The molecule has 0 amide bonds. The summed E-state index contributed by atoms with van der Waals surface area (Å²) in [7, 11) is 0. The molecule has 2 aromatic carbocycles. The lowest BCUT2D eigenvalue weighted by Crippen LogP contribution is -2.01. The van der Waals surface area contributed by atoms with Crippen molar-refractivity contribution in [3.8, 4) is 5.75 Å². The Morgan fingerprint density at radius 2 is 2.10 bits per heavy atom. The van der Waals surface area contributed by atoms with Crippen molar-refractivity contribution < 1.29 is 10.0 Å². The van der Waals surface area contributed by atoms with Crippen molar-refractivity contribution in [2.45, 2.75) is 17.6 Å². The summed E-state index contributed by atoms with van der Waals surface area (Å²) in [5.41, 5.74) is 1.50. The first kappa shape index (κ1) is 15.2. The van der Waals surface area contributed by atoms with Crippen molar-refractivity contribution in [2.75, 3.05) is 11.9 Å². The van der Waals surface area contributed by atoms with Crippen molar-refractivity contribution in [2.24, 2.45) is 0 Å². The van der Waals surface area contributed by atoms with Crippen molar-refractivity contribution in [3.05, 3.63) is 58.1 Å². The highest BCUT2D eigenvalue weighted by Crippen LogP contribution is 2.30. The van der Waals surface area contributed by atoms with Crippen molar-refractivity contribution in [1.29, 1.82) is 0 Å². The van der Waals surface area contributed by atoms with Gasteiger partial charge in [0.15, 0.2) is 0 Å². The van der Waals surface area contributed by atoms with Gasteiger partial charge in [0.05, 0.1) is 4.92 Å². The number of nitro benzene ring substituents is 1. The highest BCUT2D eigenvalue weighted by atomic mass is 32.2. The lowest BCUT2D eigenvalue weighted by molar-refractivity contribution is -0.384. The monoisotopic (exact) mass is 304 g/mol. The Morgan fingerprint density at radius 3 is 2.76 bits per heavy atom. The van der Waals surface area contributed by atoms with Gasteiger partial charge >= 0.3 is 0 Å². The van der Waals surface area contributed by atoms with Crippen LogP contribution in [0, 0.1) is 10.1 Å². The van der Waals surface area contributed by atoms with Gasteiger partial charge in [-0.15, -0.1) is 11.8 Å². The maximum absolute atomic E-state index is 11.1. The highest BCUT2D eigenvalue weighted by Gasteiger charge is 2.14. The van der Waals surface area contributed by atoms with Crippen LogP contribution in [-0.2, 0) is 5.75 Å². The molecule has 0 aromatic heterocycles. The first-order valence-corrected chi connectivity index (χ1v) is 7.51. The van der Waals surface area contributed by atoms with E-state index < -0.39 is 0 Å². The summed E-state index contributed by atoms with van der Waals surface area (Å²) in [6.07, 6.45) is 0. The summed E-state index contributed by atoms with van der Waals surface area (Å²) in [6, 6.07) is 12.2. The molecule has 2 N–H and O–H groups in total. The summed E-state index contributed by atoms with van der Waals surface area (Å²) in [5.74, 6) is 0.824. The Balaban J connectivity index is 2.13. The van der Waals surface area contributed by atoms with Gasteiger partial charge in [-0.05, 0) is 36.8 Å². The lowest BCUT2D eigenvalue weighted by Gasteiger charge is -2.07. The Kier molecular flexibility index (Phi) is 5.05. The molecule has 0 radical (unpaired) electrons. The third-order valence-electron chi connectivity index (χ3n) is 2.85. The number of phenols is 1. The van der Waals surface area contributed by atoms with Gasteiger partial charge in [0.2, 0.25) is 0 Å². The fourth-order valence-electron chi connectivity index (χ4n) is 1.90. The van der Waals surface area contributed by atoms with E-state index in [1.165, 1.54) is 11.8 Å². The standard InChI is InChI=1S/C15H16N2O3S/c1-2-16-14-7-6-11(8-15(14)17(19)20)10-21-13-5-3-4-12(18)9-13/h3-9,16,18H,2,10H2,1H3. The smallest absolute Gasteiger partial charge is 0.292 e. The lowest BCUT2D eigenvalue weighted by atomic mass is 10.2. The molecule has 0 fully saturated rings. The minimum atomic E-state index is -0.374. The molecule has 0 saturated carbocycles. The molecule has 0 aliphatic rings. The molecule has 6 heteroatoms. The van der Waals surface area contributed by atoms with E-state index in [1.54, 1.807) is 30.3 Å². The number of phenolic OH excluding ortho intramolecular Hbond substituents is 1. The second-order valence-electron chi connectivity index (χ2n) is 4.42. The molecule has 0 unspecified atom stereocenters. The number of thioether (sulfide) groups is 1. The molecule has 5 nitrogen and oxygen atoms in total. The Labute approximate surface area is 127 Å². The van der Waals surface area contributed by atoms with Crippen LogP contribution in [0.2, 0.25) is 0 Å². The van der Waals surface area contributed by atoms with Crippen LogP contribution in [0.5, 0.6) is 5.75 Å². The molecule has 110 valence electrons. The fourth-order valence-corrected chi connectivity index (χ4v) is 2.79. The summed E-state index contributed by atoms with van der Waals surface area (Å²) in [4.78, 5) is 11.6. The van der Waals surface area contributed by atoms with Gasteiger partial charge in [-0.3, -0.25) is 10.1 Å². The fraction of sp³-hybridized carbons (Fsp3) is 0.200. The number of hydrogen-bond donors (Lipinski definition) is 2. The van der Waals surface area contributed by atoms with Gasteiger partial charge in [0, 0.05) is 23.3 Å². The maximum Gasteiger partial charge on any atom is 0.292 e. The molecular weight excluding hydrogens is 288 g/mol. The predicted octanol–water partition coefficient (Wildman–Crippen LogP) is 4.02. The van der Waals surface area contributed by atoms with E-state index in [1.807, 2.05) is 19.1 Å². The number of anilines is 1. The summed E-state index contributed by atoms with van der Waals surface area (Å²) < 4.78 is 0. The number of nitrogens with zero attached hydrogens (tertiary/aromatic N) is 1. The topological polar surface area (TPSA) is 75.4 Å². The number of hydrogen-bond acceptors (Lipinski definition) is 5. The third-order valence-corrected chi connectivity index (χ3v) is 3.91. The second kappa shape index (κ2) is 6.99. The van der Waals surface area contributed by atoms with Gasteiger partial charge in [-0.25, -0.2) is 0 Å². The zero-order chi connectivity index (χ0) is 15.2. The van der Waals surface area contributed by atoms with E-state index in [4.69, 9.17) is 0 Å². The van der Waals surface area contributed by atoms with Crippen LogP contribution < -0.4 is 5.32 Å². The van der Waals surface area contributed by atoms with Gasteiger partial charge in [-0.2, -0.15) is 0 Å². The Hall–Kier alpha value is -2.21. The van der Waals surface area contributed by atoms with E-state index >= 15 is 0 Å². The zero-order valence-electron chi connectivity index (χ0n) is 11.6. The van der Waals surface area contributed by atoms with Crippen molar-refractivity contribution in [1.82, 2.24) is 0 Å². The van der Waals surface area contributed by atoms with Crippen LogP contribution in [0.25, 0.3) is 0 Å². The maximum atomic E-state index is 11.1. The average Bonchev–Trinajstić information content (AvgIpc) is 2.46. The molecule has 0 aliphatic heterocycles. The van der Waals surface area contributed by atoms with E-state index in [2.05, 4.69) is 5.32 Å². The van der Waals surface area contributed by atoms with Crippen LogP contribution in [0.3, 0.4) is 0 Å². The number of nitrogens with one attached hydrogen (secondary N) is 1. The third kappa shape index (κ3) is 4.13. The zero-order valence-corrected chi connectivity index (χ0v) is 12.4. The molecule has 0 saturated heterocycles. The van der Waals surface area contributed by atoms with Crippen LogP contribution in [0.4, 0.5) is 11.4 Å². The molecule has 0 spiro atoms. The molecule has 0 heterocycles. The van der Waals surface area contributed by atoms with E-state index in [0.29, 0.717) is 18.0 Å². The van der Waals surface area contributed by atoms with Crippen LogP contribution in [0.15, 0.2) is 47.4 Å². The number of rotatable bonds is 6. The molecule has 21 heavy (non-hydrogen) atoms. The Morgan fingerprint density at radius 1 is 1.29 bits per heavy atom. The molecule has 0 aliphatic carbocycles. The first-order chi connectivity index (χ1) is 10.1. The number of benzene rings is 2. The van der Waals surface area contributed by atoms with Crippen molar-refractivity contribution >= 4 is 23.1 Å². The molecule has 2 rings (SSSR count). The Bertz CT molecular complexity index is 647. The van der Waals surface area contributed by atoms with Gasteiger partial charge in [0.1, 0.15) is 11.4 Å². The minimum Gasteiger partial charge on any atom is -0.508 e. The summed E-state index contributed by atoms with van der Waals surface area (Å²) >= 11 is 1.52. The molecule has 2 aromatic rings. The van der Waals surface area contributed by atoms with E-state index in [9.17, 15) is 15.2 Å². The quantitative estimate of drug-likeness (QED) is 0.479. The second-order valence-corrected chi connectivity index (χ2v) is 5.47. The largest absolute Gasteiger partial charge is 0.508 e. The SMILES string of the molecule is CCNc1ccc(CSc2cccc(O)c2)cc1[N+](=O)[O-]. The predicted molar refractivity (Wildman–Crippen MR) is 84.9 cm³/mol. The van der Waals surface area contributed by atoms with E-state index in [0.717, 1.165) is 10.5 Å². The molecule has 0 bridgehead atoms. The van der Waals surface area contributed by atoms with Gasteiger partial charge in [-0.1, -0.05) is 12.1 Å². The van der Waals surface area contributed by atoms with Crippen LogP contribution in [-0.4, -0.2) is 16.6 Å². The van der Waals surface area contributed by atoms with E-state index in [-0.39, 0.29) is 16.4 Å². The summed E-state index contributed by atoms with van der Waals surface area (Å²) in [5, 5.41) is 23.5. The van der Waals surface area contributed by atoms with Crippen LogP contribution >= 0.6 is 11.8 Å². The number of aromatic hydroxyl groups is 1. The summed E-state index contributed by atoms with van der Waals surface area (Å²) in [6.45, 7) is 2.54. The normalized spacial score (nSPS) is 10.3. The molecule has 0 atom stereocenters.